The van der Waals surface area contributed by atoms with Gasteiger partial charge in [-0.2, -0.15) is 0 Å². The Balaban J connectivity index is 1.75. The number of likely N-dealkylation sites (tertiary alicyclic amines) is 1. The van der Waals surface area contributed by atoms with E-state index in [9.17, 15) is 4.79 Å². The van der Waals surface area contributed by atoms with Gasteiger partial charge in [0.15, 0.2) is 0 Å². The first kappa shape index (κ1) is 14.6. The predicted octanol–water partition coefficient (Wildman–Crippen LogP) is 3.72. The molecule has 0 bridgehead atoms. The molecule has 1 atom stereocenters. The van der Waals surface area contributed by atoms with E-state index in [1.165, 1.54) is 5.56 Å². The van der Waals surface area contributed by atoms with E-state index in [-0.39, 0.29) is 5.91 Å². The smallest absolute Gasteiger partial charge is 0.254 e. The molecule has 0 spiro atoms. The summed E-state index contributed by atoms with van der Waals surface area (Å²) in [5.41, 5.74) is 2.03. The van der Waals surface area contributed by atoms with Crippen LogP contribution in [-0.4, -0.2) is 31.0 Å². The second-order valence-corrected chi connectivity index (χ2v) is 5.73. The Hall–Kier alpha value is -2.29. The van der Waals surface area contributed by atoms with Crippen LogP contribution < -0.4 is 4.74 Å². The minimum atomic E-state index is 0.0968. The second kappa shape index (κ2) is 6.65. The van der Waals surface area contributed by atoms with Gasteiger partial charge < -0.3 is 9.64 Å². The number of hydrogen-bond acceptors (Lipinski definition) is 2. The van der Waals surface area contributed by atoms with Gasteiger partial charge >= 0.3 is 0 Å². The third kappa shape index (κ3) is 3.14. The summed E-state index contributed by atoms with van der Waals surface area (Å²) in [4.78, 5) is 14.7. The van der Waals surface area contributed by atoms with E-state index in [1.54, 1.807) is 7.11 Å². The van der Waals surface area contributed by atoms with Crippen LogP contribution in [0.25, 0.3) is 0 Å². The van der Waals surface area contributed by atoms with Gasteiger partial charge in [0.05, 0.1) is 7.11 Å². The molecule has 0 aromatic heterocycles. The molecule has 3 rings (SSSR count). The quantitative estimate of drug-likeness (QED) is 0.864. The predicted molar refractivity (Wildman–Crippen MR) is 87.3 cm³/mol. The molecule has 1 fully saturated rings. The fourth-order valence-electron chi connectivity index (χ4n) is 3.10. The highest BCUT2D eigenvalue weighted by atomic mass is 16.5. The van der Waals surface area contributed by atoms with Gasteiger partial charge in [-0.25, -0.2) is 0 Å². The molecule has 1 saturated heterocycles. The molecule has 22 heavy (non-hydrogen) atoms. The Morgan fingerprint density at radius 1 is 1.14 bits per heavy atom. The van der Waals surface area contributed by atoms with Crippen LogP contribution in [0.2, 0.25) is 0 Å². The zero-order valence-corrected chi connectivity index (χ0v) is 12.9. The Bertz CT molecular complexity index is 639. The largest absolute Gasteiger partial charge is 0.497 e. The van der Waals surface area contributed by atoms with Crippen molar-refractivity contribution >= 4 is 5.91 Å². The van der Waals surface area contributed by atoms with Crippen molar-refractivity contribution in [2.75, 3.05) is 20.2 Å². The first-order chi connectivity index (χ1) is 10.8. The fourth-order valence-corrected chi connectivity index (χ4v) is 3.10. The highest BCUT2D eigenvalue weighted by Gasteiger charge is 2.25. The third-order valence-corrected chi connectivity index (χ3v) is 4.30. The molecule has 3 heteroatoms. The number of nitrogens with zero attached hydrogens (tertiary/aromatic N) is 1. The SMILES string of the molecule is COc1cccc(C(=O)N2CCC[C@H](c3ccccc3)C2)c1. The van der Waals surface area contributed by atoms with E-state index in [1.807, 2.05) is 35.2 Å². The molecule has 1 aliphatic rings. The number of benzene rings is 2. The van der Waals surface area contributed by atoms with E-state index >= 15 is 0 Å². The molecule has 0 N–H and O–H groups in total. The maximum atomic E-state index is 12.7. The third-order valence-electron chi connectivity index (χ3n) is 4.30. The number of amides is 1. The van der Waals surface area contributed by atoms with Crippen LogP contribution in [-0.2, 0) is 0 Å². The van der Waals surface area contributed by atoms with Crippen LogP contribution in [0.1, 0.15) is 34.7 Å². The summed E-state index contributed by atoms with van der Waals surface area (Å²) in [7, 11) is 1.62. The van der Waals surface area contributed by atoms with Gasteiger partial charge in [0.2, 0.25) is 0 Å². The molecule has 0 aliphatic carbocycles. The summed E-state index contributed by atoms with van der Waals surface area (Å²) in [6.07, 6.45) is 2.20. The van der Waals surface area contributed by atoms with Crippen LogP contribution in [0.3, 0.4) is 0 Å². The first-order valence-electron chi connectivity index (χ1n) is 7.76. The van der Waals surface area contributed by atoms with E-state index < -0.39 is 0 Å². The molecule has 0 radical (unpaired) electrons. The number of carbonyl (C=O) groups excluding carboxylic acids is 1. The molecule has 1 amide bonds. The van der Waals surface area contributed by atoms with Crippen molar-refractivity contribution in [1.29, 1.82) is 0 Å². The maximum absolute atomic E-state index is 12.7. The molecule has 1 aliphatic heterocycles. The molecule has 0 saturated carbocycles. The molecular formula is C19H21NO2. The Morgan fingerprint density at radius 3 is 2.73 bits per heavy atom. The molecule has 0 unspecified atom stereocenters. The monoisotopic (exact) mass is 295 g/mol. The van der Waals surface area contributed by atoms with Gasteiger partial charge in [0, 0.05) is 24.6 Å². The number of rotatable bonds is 3. The van der Waals surface area contributed by atoms with E-state index in [0.717, 1.165) is 31.7 Å². The summed E-state index contributed by atoms with van der Waals surface area (Å²) in [5, 5.41) is 0. The van der Waals surface area contributed by atoms with Crippen molar-refractivity contribution in [2.45, 2.75) is 18.8 Å². The van der Waals surface area contributed by atoms with Gasteiger partial charge in [-0.05, 0) is 36.6 Å². The minimum absolute atomic E-state index is 0.0968. The lowest BCUT2D eigenvalue weighted by Crippen LogP contribution is -2.39. The topological polar surface area (TPSA) is 29.5 Å². The average molecular weight is 295 g/mol. The number of ether oxygens (including phenoxy) is 1. The van der Waals surface area contributed by atoms with Crippen molar-refractivity contribution in [1.82, 2.24) is 4.90 Å². The lowest BCUT2D eigenvalue weighted by atomic mass is 9.90. The summed E-state index contributed by atoms with van der Waals surface area (Å²) in [6, 6.07) is 17.9. The van der Waals surface area contributed by atoms with Crippen LogP contribution in [0.4, 0.5) is 0 Å². The summed E-state index contributed by atoms with van der Waals surface area (Å²) >= 11 is 0. The molecule has 1 heterocycles. The van der Waals surface area contributed by atoms with E-state index in [2.05, 4.69) is 24.3 Å². The second-order valence-electron chi connectivity index (χ2n) is 5.73. The molecule has 2 aromatic rings. The summed E-state index contributed by atoms with van der Waals surface area (Å²) < 4.78 is 5.21. The Kier molecular flexibility index (Phi) is 4.42. The fraction of sp³-hybridized carbons (Fsp3) is 0.316. The van der Waals surface area contributed by atoms with Gasteiger partial charge in [-0.3, -0.25) is 4.79 Å². The lowest BCUT2D eigenvalue weighted by molar-refractivity contribution is 0.0707. The van der Waals surface area contributed by atoms with E-state index in [0.29, 0.717) is 11.5 Å². The maximum Gasteiger partial charge on any atom is 0.254 e. The molecule has 3 nitrogen and oxygen atoms in total. The van der Waals surface area contributed by atoms with Crippen molar-refractivity contribution in [3.05, 3.63) is 65.7 Å². The highest BCUT2D eigenvalue weighted by Crippen LogP contribution is 2.27. The van der Waals surface area contributed by atoms with Crippen molar-refractivity contribution in [2.24, 2.45) is 0 Å². The van der Waals surface area contributed by atoms with Crippen LogP contribution in [0.5, 0.6) is 5.75 Å². The number of piperidine rings is 1. The number of methoxy groups -OCH3 is 1. The Morgan fingerprint density at radius 2 is 1.95 bits per heavy atom. The number of hydrogen-bond donors (Lipinski definition) is 0. The van der Waals surface area contributed by atoms with Crippen molar-refractivity contribution in [3.63, 3.8) is 0 Å². The zero-order valence-electron chi connectivity index (χ0n) is 12.9. The van der Waals surface area contributed by atoms with Crippen molar-refractivity contribution < 1.29 is 9.53 Å². The van der Waals surface area contributed by atoms with Gasteiger partial charge in [0.1, 0.15) is 5.75 Å². The first-order valence-corrected chi connectivity index (χ1v) is 7.76. The van der Waals surface area contributed by atoms with Crippen LogP contribution >= 0.6 is 0 Å². The molecular weight excluding hydrogens is 274 g/mol. The van der Waals surface area contributed by atoms with Crippen molar-refractivity contribution in [3.8, 4) is 5.75 Å². The lowest BCUT2D eigenvalue weighted by Gasteiger charge is -2.33. The average Bonchev–Trinajstić information content (AvgIpc) is 2.62. The number of carbonyl (C=O) groups is 1. The minimum Gasteiger partial charge on any atom is -0.497 e. The van der Waals surface area contributed by atoms with Gasteiger partial charge in [-0.1, -0.05) is 36.4 Å². The summed E-state index contributed by atoms with van der Waals surface area (Å²) in [6.45, 7) is 1.62. The van der Waals surface area contributed by atoms with Gasteiger partial charge in [0.25, 0.3) is 5.91 Å². The summed E-state index contributed by atoms with van der Waals surface area (Å²) in [5.74, 6) is 1.26. The van der Waals surface area contributed by atoms with Gasteiger partial charge in [-0.15, -0.1) is 0 Å². The highest BCUT2D eigenvalue weighted by molar-refractivity contribution is 5.94. The zero-order chi connectivity index (χ0) is 15.4. The van der Waals surface area contributed by atoms with E-state index in [4.69, 9.17) is 4.74 Å². The van der Waals surface area contributed by atoms with Crippen LogP contribution in [0, 0.1) is 0 Å². The normalized spacial score (nSPS) is 18.0. The molecule has 114 valence electrons. The molecule has 2 aromatic carbocycles. The standard InChI is InChI=1S/C19H21NO2/c1-22-18-11-5-9-16(13-18)19(21)20-12-6-10-17(14-20)15-7-3-2-4-8-15/h2-5,7-9,11,13,17H,6,10,12,14H2,1H3/t17-/m0/s1. The van der Waals surface area contributed by atoms with Crippen LogP contribution in [0.15, 0.2) is 54.6 Å². The Labute approximate surface area is 131 Å².